The van der Waals surface area contributed by atoms with Crippen LogP contribution in [0.5, 0.6) is 0 Å². The van der Waals surface area contributed by atoms with Crippen LogP contribution in [0.1, 0.15) is 19.3 Å². The molecule has 1 unspecified atom stereocenters. The van der Waals surface area contributed by atoms with Crippen molar-refractivity contribution < 1.29 is 4.74 Å². The summed E-state index contributed by atoms with van der Waals surface area (Å²) in [7, 11) is 0. The number of rotatable bonds is 4. The lowest BCUT2D eigenvalue weighted by molar-refractivity contribution is 0.124. The Hall–Kier alpha value is -1.98. The van der Waals surface area contributed by atoms with Crippen molar-refractivity contribution in [1.29, 1.82) is 0 Å². The van der Waals surface area contributed by atoms with Crippen LogP contribution < -0.4 is 5.32 Å². The van der Waals surface area contributed by atoms with Gasteiger partial charge in [0.1, 0.15) is 5.82 Å². The molecule has 2 saturated heterocycles. The minimum atomic E-state index is 0.488. The van der Waals surface area contributed by atoms with Gasteiger partial charge in [0.15, 0.2) is 5.82 Å². The Morgan fingerprint density at radius 1 is 1.04 bits per heavy atom. The molecule has 3 heterocycles. The van der Waals surface area contributed by atoms with E-state index in [1.807, 2.05) is 42.6 Å². The molecular weight excluding hydrogens is 300 g/mol. The lowest BCUT2D eigenvalue weighted by Crippen LogP contribution is -2.44. The third-order valence-electron chi connectivity index (χ3n) is 4.99. The van der Waals surface area contributed by atoms with Crippen molar-refractivity contribution in [1.82, 2.24) is 14.9 Å². The standard InChI is InChI=1S/C19H24N4O/c1-2-4-15(5-3-1)19-20-10-6-18(22-19)21-16-7-11-23(12-8-16)17-9-13-24-14-17/h1-6,10,16-17H,7-9,11-14H2,(H,20,21,22). The summed E-state index contributed by atoms with van der Waals surface area (Å²) in [5.74, 6) is 1.70. The Bertz CT molecular complexity index is 649. The number of nitrogens with zero attached hydrogens (tertiary/aromatic N) is 3. The van der Waals surface area contributed by atoms with Gasteiger partial charge in [-0.3, -0.25) is 4.90 Å². The predicted molar refractivity (Wildman–Crippen MR) is 94.9 cm³/mol. The predicted octanol–water partition coefficient (Wildman–Crippen LogP) is 2.81. The second kappa shape index (κ2) is 7.28. The Balaban J connectivity index is 1.36. The van der Waals surface area contributed by atoms with Crippen LogP contribution in [0.25, 0.3) is 11.4 Å². The van der Waals surface area contributed by atoms with Crippen LogP contribution in [0.3, 0.4) is 0 Å². The number of anilines is 1. The Labute approximate surface area is 143 Å². The monoisotopic (exact) mass is 324 g/mol. The molecule has 0 saturated carbocycles. The molecule has 2 aromatic rings. The van der Waals surface area contributed by atoms with Crippen molar-refractivity contribution in [2.45, 2.75) is 31.3 Å². The third-order valence-corrected chi connectivity index (χ3v) is 4.99. The molecule has 2 aliphatic heterocycles. The first-order chi connectivity index (χ1) is 11.9. The molecule has 24 heavy (non-hydrogen) atoms. The highest BCUT2D eigenvalue weighted by Gasteiger charge is 2.27. The number of hydrogen-bond acceptors (Lipinski definition) is 5. The summed E-state index contributed by atoms with van der Waals surface area (Å²) in [6.07, 6.45) is 5.33. The van der Waals surface area contributed by atoms with E-state index in [0.29, 0.717) is 12.1 Å². The van der Waals surface area contributed by atoms with E-state index in [2.05, 4.69) is 20.2 Å². The molecule has 1 N–H and O–H groups in total. The Morgan fingerprint density at radius 2 is 1.88 bits per heavy atom. The summed E-state index contributed by atoms with van der Waals surface area (Å²) in [4.78, 5) is 11.7. The molecule has 126 valence electrons. The average molecular weight is 324 g/mol. The van der Waals surface area contributed by atoms with E-state index in [9.17, 15) is 0 Å². The topological polar surface area (TPSA) is 50.3 Å². The number of benzene rings is 1. The van der Waals surface area contributed by atoms with Gasteiger partial charge in [-0.1, -0.05) is 30.3 Å². The van der Waals surface area contributed by atoms with Crippen LogP contribution in [0, 0.1) is 0 Å². The summed E-state index contributed by atoms with van der Waals surface area (Å²) in [5, 5.41) is 3.59. The zero-order valence-electron chi connectivity index (χ0n) is 13.9. The minimum absolute atomic E-state index is 0.488. The van der Waals surface area contributed by atoms with E-state index in [1.54, 1.807) is 0 Å². The maximum Gasteiger partial charge on any atom is 0.161 e. The quantitative estimate of drug-likeness (QED) is 0.937. The molecular formula is C19H24N4O. The number of piperidine rings is 1. The van der Waals surface area contributed by atoms with E-state index < -0.39 is 0 Å². The summed E-state index contributed by atoms with van der Waals surface area (Å²) in [6, 6.07) is 13.2. The number of ether oxygens (including phenoxy) is 1. The number of hydrogen-bond donors (Lipinski definition) is 1. The van der Waals surface area contributed by atoms with Crippen LogP contribution in [0.15, 0.2) is 42.6 Å². The molecule has 5 heteroatoms. The third kappa shape index (κ3) is 3.57. The molecule has 4 rings (SSSR count). The fraction of sp³-hybridized carbons (Fsp3) is 0.474. The van der Waals surface area contributed by atoms with Crippen LogP contribution in [-0.4, -0.2) is 53.3 Å². The van der Waals surface area contributed by atoms with E-state index in [1.165, 1.54) is 6.42 Å². The van der Waals surface area contributed by atoms with E-state index in [0.717, 1.165) is 56.4 Å². The molecule has 5 nitrogen and oxygen atoms in total. The summed E-state index contributed by atoms with van der Waals surface area (Å²) < 4.78 is 5.51. The van der Waals surface area contributed by atoms with Crippen molar-refractivity contribution in [3.63, 3.8) is 0 Å². The van der Waals surface area contributed by atoms with E-state index in [4.69, 9.17) is 4.74 Å². The molecule has 1 aromatic heterocycles. The van der Waals surface area contributed by atoms with Gasteiger partial charge in [0.2, 0.25) is 0 Å². The van der Waals surface area contributed by atoms with Crippen LogP contribution in [0.2, 0.25) is 0 Å². The molecule has 0 amide bonds. The first-order valence-corrected chi connectivity index (χ1v) is 8.85. The molecule has 0 bridgehead atoms. The summed E-state index contributed by atoms with van der Waals surface area (Å²) >= 11 is 0. The van der Waals surface area contributed by atoms with Gasteiger partial charge >= 0.3 is 0 Å². The minimum Gasteiger partial charge on any atom is -0.380 e. The van der Waals surface area contributed by atoms with E-state index >= 15 is 0 Å². The maximum absolute atomic E-state index is 5.51. The first kappa shape index (κ1) is 15.5. The molecule has 1 atom stereocenters. The van der Waals surface area contributed by atoms with Gasteiger partial charge in [0, 0.05) is 43.5 Å². The summed E-state index contributed by atoms with van der Waals surface area (Å²) in [5.41, 5.74) is 1.05. The van der Waals surface area contributed by atoms with Crippen molar-refractivity contribution in [3.05, 3.63) is 42.6 Å². The molecule has 2 aliphatic rings. The number of nitrogens with one attached hydrogen (secondary N) is 1. The molecule has 2 fully saturated rings. The second-order valence-corrected chi connectivity index (χ2v) is 6.60. The molecule has 0 aliphatic carbocycles. The zero-order valence-corrected chi connectivity index (χ0v) is 13.9. The van der Waals surface area contributed by atoms with Gasteiger partial charge in [-0.2, -0.15) is 0 Å². The van der Waals surface area contributed by atoms with E-state index in [-0.39, 0.29) is 0 Å². The maximum atomic E-state index is 5.51. The van der Waals surface area contributed by atoms with Crippen LogP contribution in [-0.2, 0) is 4.74 Å². The highest BCUT2D eigenvalue weighted by atomic mass is 16.5. The second-order valence-electron chi connectivity index (χ2n) is 6.60. The largest absolute Gasteiger partial charge is 0.380 e. The van der Waals surface area contributed by atoms with Gasteiger partial charge in [-0.05, 0) is 25.3 Å². The summed E-state index contributed by atoms with van der Waals surface area (Å²) in [6.45, 7) is 4.11. The normalized spacial score (nSPS) is 22.6. The van der Waals surface area contributed by atoms with Gasteiger partial charge < -0.3 is 10.1 Å². The van der Waals surface area contributed by atoms with Crippen molar-refractivity contribution >= 4 is 5.82 Å². The SMILES string of the molecule is c1ccc(-c2nccc(NC3CCN(C4CCOC4)CC3)n2)cc1. The van der Waals surface area contributed by atoms with Gasteiger partial charge in [-0.25, -0.2) is 9.97 Å². The van der Waals surface area contributed by atoms with Crippen molar-refractivity contribution in [2.24, 2.45) is 0 Å². The van der Waals surface area contributed by atoms with Gasteiger partial charge in [0.05, 0.1) is 6.61 Å². The number of likely N-dealkylation sites (tertiary alicyclic amines) is 1. The van der Waals surface area contributed by atoms with Crippen LogP contribution >= 0.6 is 0 Å². The average Bonchev–Trinajstić information content (AvgIpc) is 3.18. The molecule has 0 spiro atoms. The van der Waals surface area contributed by atoms with Gasteiger partial charge in [0.25, 0.3) is 0 Å². The highest BCUT2D eigenvalue weighted by molar-refractivity contribution is 5.56. The van der Waals surface area contributed by atoms with Crippen LogP contribution in [0.4, 0.5) is 5.82 Å². The Morgan fingerprint density at radius 3 is 2.62 bits per heavy atom. The van der Waals surface area contributed by atoms with Crippen molar-refractivity contribution in [2.75, 3.05) is 31.6 Å². The zero-order chi connectivity index (χ0) is 16.2. The smallest absolute Gasteiger partial charge is 0.161 e. The molecule has 0 radical (unpaired) electrons. The fourth-order valence-electron chi connectivity index (χ4n) is 3.59. The Kier molecular flexibility index (Phi) is 4.71. The molecule has 1 aromatic carbocycles. The van der Waals surface area contributed by atoms with Gasteiger partial charge in [-0.15, -0.1) is 0 Å². The lowest BCUT2D eigenvalue weighted by atomic mass is 10.0. The van der Waals surface area contributed by atoms with Crippen molar-refractivity contribution in [3.8, 4) is 11.4 Å². The lowest BCUT2D eigenvalue weighted by Gasteiger charge is -2.35. The number of aromatic nitrogens is 2. The fourth-order valence-corrected chi connectivity index (χ4v) is 3.59. The first-order valence-electron chi connectivity index (χ1n) is 8.85. The highest BCUT2D eigenvalue weighted by Crippen LogP contribution is 2.21.